The van der Waals surface area contributed by atoms with Crippen LogP contribution in [0.1, 0.15) is 32.3 Å². The van der Waals surface area contributed by atoms with Crippen LogP contribution in [0, 0.1) is 6.92 Å². The smallest absolute Gasteiger partial charge is 0.221 e. The summed E-state index contributed by atoms with van der Waals surface area (Å²) in [6.07, 6.45) is 3.70. The highest BCUT2D eigenvalue weighted by molar-refractivity contribution is 6.30. The van der Waals surface area contributed by atoms with Crippen molar-refractivity contribution in [2.45, 2.75) is 39.7 Å². The predicted molar refractivity (Wildman–Crippen MR) is 56.8 cm³/mol. The zero-order valence-corrected chi connectivity index (χ0v) is 9.51. The Morgan fingerprint density at radius 2 is 2.21 bits per heavy atom. The van der Waals surface area contributed by atoms with Crippen LogP contribution in [0.2, 0.25) is 5.15 Å². The molecule has 0 aliphatic rings. The van der Waals surface area contributed by atoms with Crippen molar-refractivity contribution in [2.24, 2.45) is 0 Å². The van der Waals surface area contributed by atoms with Gasteiger partial charge in [-0.3, -0.25) is 0 Å². The summed E-state index contributed by atoms with van der Waals surface area (Å²) in [7, 11) is 0. The molecule has 1 unspecified atom stereocenters. The summed E-state index contributed by atoms with van der Waals surface area (Å²) in [5.74, 6) is 0.589. The number of hydrogen-bond donors (Lipinski definition) is 0. The van der Waals surface area contributed by atoms with Crippen molar-refractivity contribution in [1.29, 1.82) is 0 Å². The van der Waals surface area contributed by atoms with Crippen LogP contribution in [0.5, 0.6) is 5.88 Å². The van der Waals surface area contributed by atoms with Crippen LogP contribution in [0.15, 0.2) is 6.33 Å². The van der Waals surface area contributed by atoms with Gasteiger partial charge in [0.05, 0.1) is 6.10 Å². The van der Waals surface area contributed by atoms with Crippen molar-refractivity contribution in [3.05, 3.63) is 17.0 Å². The summed E-state index contributed by atoms with van der Waals surface area (Å²) < 4.78 is 5.63. The van der Waals surface area contributed by atoms with E-state index in [4.69, 9.17) is 16.3 Å². The molecule has 0 aliphatic carbocycles. The average Bonchev–Trinajstić information content (AvgIpc) is 2.13. The Morgan fingerprint density at radius 1 is 1.50 bits per heavy atom. The number of hydrogen-bond acceptors (Lipinski definition) is 3. The third-order valence-electron chi connectivity index (χ3n) is 1.98. The van der Waals surface area contributed by atoms with Crippen molar-refractivity contribution < 1.29 is 4.74 Å². The van der Waals surface area contributed by atoms with E-state index in [2.05, 4.69) is 16.9 Å². The van der Waals surface area contributed by atoms with Gasteiger partial charge in [0, 0.05) is 5.56 Å². The van der Waals surface area contributed by atoms with Crippen molar-refractivity contribution in [1.82, 2.24) is 9.97 Å². The summed E-state index contributed by atoms with van der Waals surface area (Å²) in [6, 6.07) is 0. The maximum Gasteiger partial charge on any atom is 0.221 e. The van der Waals surface area contributed by atoms with E-state index in [1.807, 2.05) is 13.8 Å². The molecule has 0 aliphatic heterocycles. The van der Waals surface area contributed by atoms with Gasteiger partial charge in [-0.2, -0.15) is 0 Å². The lowest BCUT2D eigenvalue weighted by Gasteiger charge is -2.14. The lowest BCUT2D eigenvalue weighted by atomic mass is 10.2. The fourth-order valence-electron chi connectivity index (χ4n) is 1.19. The van der Waals surface area contributed by atoms with E-state index >= 15 is 0 Å². The minimum Gasteiger partial charge on any atom is -0.474 e. The Morgan fingerprint density at radius 3 is 2.86 bits per heavy atom. The minimum absolute atomic E-state index is 0.171. The average molecular weight is 215 g/mol. The summed E-state index contributed by atoms with van der Waals surface area (Å²) >= 11 is 5.84. The summed E-state index contributed by atoms with van der Waals surface area (Å²) in [5.41, 5.74) is 0.803. The molecule has 0 spiro atoms. The normalized spacial score (nSPS) is 12.6. The monoisotopic (exact) mass is 214 g/mol. The molecule has 3 nitrogen and oxygen atoms in total. The van der Waals surface area contributed by atoms with Gasteiger partial charge >= 0.3 is 0 Å². The van der Waals surface area contributed by atoms with E-state index in [1.54, 1.807) is 0 Å². The molecule has 1 atom stereocenters. The van der Waals surface area contributed by atoms with Crippen molar-refractivity contribution in [3.8, 4) is 5.88 Å². The minimum atomic E-state index is 0.171. The Hall–Kier alpha value is -0.830. The van der Waals surface area contributed by atoms with E-state index in [0.717, 1.165) is 18.4 Å². The standard InChI is InChI=1S/C10H15ClN2O/c1-4-5-7(2)14-10-8(3)9(11)12-6-13-10/h6-7H,4-5H2,1-3H3. The molecule has 0 saturated heterocycles. The maximum atomic E-state index is 5.84. The highest BCUT2D eigenvalue weighted by atomic mass is 35.5. The number of rotatable bonds is 4. The van der Waals surface area contributed by atoms with Gasteiger partial charge in [-0.25, -0.2) is 9.97 Å². The van der Waals surface area contributed by atoms with Gasteiger partial charge in [-0.1, -0.05) is 24.9 Å². The molecule has 1 aromatic rings. The summed E-state index contributed by atoms with van der Waals surface area (Å²) in [5, 5.41) is 0.457. The summed E-state index contributed by atoms with van der Waals surface area (Å²) in [6.45, 7) is 6.01. The first-order valence-corrected chi connectivity index (χ1v) is 5.16. The molecule has 1 rings (SSSR count). The maximum absolute atomic E-state index is 5.84. The first-order chi connectivity index (χ1) is 6.65. The van der Waals surface area contributed by atoms with Crippen LogP contribution < -0.4 is 4.74 Å². The Balaban J connectivity index is 2.71. The van der Waals surface area contributed by atoms with Crippen LogP contribution >= 0.6 is 11.6 Å². The first kappa shape index (κ1) is 11.2. The van der Waals surface area contributed by atoms with Gasteiger partial charge in [0.15, 0.2) is 0 Å². The molecule has 1 heterocycles. The molecule has 0 fully saturated rings. The van der Waals surface area contributed by atoms with Gasteiger partial charge < -0.3 is 4.74 Å². The van der Waals surface area contributed by atoms with Gasteiger partial charge in [0.2, 0.25) is 5.88 Å². The molecule has 14 heavy (non-hydrogen) atoms. The summed E-state index contributed by atoms with van der Waals surface area (Å²) in [4.78, 5) is 7.91. The topological polar surface area (TPSA) is 35.0 Å². The van der Waals surface area contributed by atoms with Gasteiger partial charge in [-0.05, 0) is 20.3 Å². The molecule has 0 radical (unpaired) electrons. The van der Waals surface area contributed by atoms with Crippen LogP contribution in [0.3, 0.4) is 0 Å². The van der Waals surface area contributed by atoms with Gasteiger partial charge in [0.25, 0.3) is 0 Å². The molecule has 0 N–H and O–H groups in total. The molecule has 0 aromatic carbocycles. The molecular formula is C10H15ClN2O. The second kappa shape index (κ2) is 5.15. The third-order valence-corrected chi connectivity index (χ3v) is 2.37. The largest absolute Gasteiger partial charge is 0.474 e. The molecule has 0 bridgehead atoms. The second-order valence-corrected chi connectivity index (χ2v) is 3.67. The van der Waals surface area contributed by atoms with Gasteiger partial charge in [-0.15, -0.1) is 0 Å². The lowest BCUT2D eigenvalue weighted by molar-refractivity contribution is 0.199. The number of ether oxygens (including phenoxy) is 1. The Bertz CT molecular complexity index is 304. The Labute approximate surface area is 89.5 Å². The van der Waals surface area contributed by atoms with E-state index in [-0.39, 0.29) is 6.10 Å². The van der Waals surface area contributed by atoms with Crippen LogP contribution in [-0.4, -0.2) is 16.1 Å². The van der Waals surface area contributed by atoms with Crippen LogP contribution in [0.25, 0.3) is 0 Å². The number of halogens is 1. The van der Waals surface area contributed by atoms with Crippen molar-refractivity contribution >= 4 is 11.6 Å². The molecular weight excluding hydrogens is 200 g/mol. The van der Waals surface area contributed by atoms with E-state index < -0.39 is 0 Å². The highest BCUT2D eigenvalue weighted by Gasteiger charge is 2.09. The van der Waals surface area contributed by atoms with E-state index in [9.17, 15) is 0 Å². The second-order valence-electron chi connectivity index (χ2n) is 3.31. The van der Waals surface area contributed by atoms with E-state index in [0.29, 0.717) is 11.0 Å². The molecule has 1 aromatic heterocycles. The van der Waals surface area contributed by atoms with Crippen LogP contribution in [0.4, 0.5) is 0 Å². The van der Waals surface area contributed by atoms with Gasteiger partial charge in [0.1, 0.15) is 11.5 Å². The fourth-order valence-corrected chi connectivity index (χ4v) is 1.31. The lowest BCUT2D eigenvalue weighted by Crippen LogP contribution is -2.13. The number of nitrogens with zero attached hydrogens (tertiary/aromatic N) is 2. The fraction of sp³-hybridized carbons (Fsp3) is 0.600. The van der Waals surface area contributed by atoms with E-state index in [1.165, 1.54) is 6.33 Å². The highest BCUT2D eigenvalue weighted by Crippen LogP contribution is 2.21. The molecule has 0 amide bonds. The molecule has 0 saturated carbocycles. The quantitative estimate of drug-likeness (QED) is 0.723. The number of aromatic nitrogens is 2. The van der Waals surface area contributed by atoms with Crippen LogP contribution in [-0.2, 0) is 0 Å². The predicted octanol–water partition coefficient (Wildman–Crippen LogP) is 3.01. The molecule has 4 heteroatoms. The first-order valence-electron chi connectivity index (χ1n) is 4.79. The molecule has 78 valence electrons. The van der Waals surface area contributed by atoms with Crippen molar-refractivity contribution in [2.75, 3.05) is 0 Å². The zero-order chi connectivity index (χ0) is 10.6. The third kappa shape index (κ3) is 2.84. The zero-order valence-electron chi connectivity index (χ0n) is 8.75. The Kier molecular flexibility index (Phi) is 4.14. The SMILES string of the molecule is CCCC(C)Oc1ncnc(Cl)c1C. The van der Waals surface area contributed by atoms with Crippen molar-refractivity contribution in [3.63, 3.8) is 0 Å².